The van der Waals surface area contributed by atoms with E-state index < -0.39 is 15.3 Å². The van der Waals surface area contributed by atoms with Crippen LogP contribution in [0.4, 0.5) is 0 Å². The molecule has 0 rings (SSSR count). The summed E-state index contributed by atoms with van der Waals surface area (Å²) in [4.78, 5) is 0. The summed E-state index contributed by atoms with van der Waals surface area (Å²) in [6, 6.07) is 0. The summed E-state index contributed by atoms with van der Waals surface area (Å²) in [6.07, 6.45) is -0.0911. The smallest absolute Gasteiger partial charge is 0.215 e. The van der Waals surface area contributed by atoms with Crippen molar-refractivity contribution in [2.75, 3.05) is 26.7 Å². The Morgan fingerprint density at radius 1 is 1.27 bits per heavy atom. The molecule has 0 bridgehead atoms. The van der Waals surface area contributed by atoms with Crippen LogP contribution in [0.1, 0.15) is 20.8 Å². The van der Waals surface area contributed by atoms with Crippen molar-refractivity contribution in [3.63, 3.8) is 0 Å². The lowest BCUT2D eigenvalue weighted by Crippen LogP contribution is -2.41. The maximum absolute atomic E-state index is 11.6. The lowest BCUT2D eigenvalue weighted by molar-refractivity contribution is 0.0799. The summed E-state index contributed by atoms with van der Waals surface area (Å²) >= 11 is 0. The fraction of sp³-hybridized carbons (Fsp3) is 1.00. The molecule has 0 aliphatic rings. The molecule has 15 heavy (non-hydrogen) atoms. The zero-order valence-corrected chi connectivity index (χ0v) is 10.7. The average molecular weight is 238 g/mol. The van der Waals surface area contributed by atoms with Crippen molar-refractivity contribution in [3.05, 3.63) is 0 Å². The Balaban J connectivity index is 4.04. The van der Waals surface area contributed by atoms with Gasteiger partial charge in [0, 0.05) is 19.7 Å². The van der Waals surface area contributed by atoms with Gasteiger partial charge >= 0.3 is 0 Å². The number of hydrogen-bond donors (Lipinski definition) is 2. The molecule has 0 heterocycles. The van der Waals surface area contributed by atoms with Gasteiger partial charge in [0.2, 0.25) is 10.0 Å². The minimum absolute atomic E-state index is 0.0911. The number of nitrogens with one attached hydrogen (secondary N) is 2. The van der Waals surface area contributed by atoms with E-state index in [0.29, 0.717) is 19.7 Å². The Hall–Kier alpha value is -0.170. The molecule has 0 aliphatic carbocycles. The molecule has 6 heteroatoms. The van der Waals surface area contributed by atoms with Crippen molar-refractivity contribution in [2.24, 2.45) is 0 Å². The quantitative estimate of drug-likeness (QED) is 0.621. The molecule has 0 saturated carbocycles. The van der Waals surface area contributed by atoms with Crippen molar-refractivity contribution < 1.29 is 13.2 Å². The van der Waals surface area contributed by atoms with Gasteiger partial charge in [-0.2, -0.15) is 0 Å². The summed E-state index contributed by atoms with van der Waals surface area (Å²) in [5.41, 5.74) is 0. The topological polar surface area (TPSA) is 67.4 Å². The molecule has 92 valence electrons. The van der Waals surface area contributed by atoms with Crippen LogP contribution in [-0.2, 0) is 14.8 Å². The van der Waals surface area contributed by atoms with Crippen molar-refractivity contribution in [1.29, 1.82) is 0 Å². The van der Waals surface area contributed by atoms with Crippen LogP contribution in [0.15, 0.2) is 0 Å². The van der Waals surface area contributed by atoms with Crippen LogP contribution in [0, 0.1) is 0 Å². The molecule has 0 aliphatic heterocycles. The van der Waals surface area contributed by atoms with Crippen molar-refractivity contribution in [2.45, 2.75) is 32.1 Å². The lowest BCUT2D eigenvalue weighted by Gasteiger charge is -2.16. The molecular formula is C9H22N2O3S. The van der Waals surface area contributed by atoms with Gasteiger partial charge in [-0.1, -0.05) is 0 Å². The zero-order valence-electron chi connectivity index (χ0n) is 9.91. The van der Waals surface area contributed by atoms with E-state index in [-0.39, 0.29) is 6.10 Å². The highest BCUT2D eigenvalue weighted by molar-refractivity contribution is 7.90. The monoisotopic (exact) mass is 238 g/mol. The van der Waals surface area contributed by atoms with Gasteiger partial charge in [-0.3, -0.25) is 0 Å². The van der Waals surface area contributed by atoms with E-state index in [4.69, 9.17) is 4.74 Å². The second-order valence-corrected chi connectivity index (χ2v) is 5.71. The van der Waals surface area contributed by atoms with Gasteiger partial charge in [-0.25, -0.2) is 13.1 Å². The number of rotatable bonds is 8. The highest BCUT2D eigenvalue weighted by Crippen LogP contribution is 1.97. The van der Waals surface area contributed by atoms with Crippen LogP contribution in [0.5, 0.6) is 0 Å². The maximum Gasteiger partial charge on any atom is 0.215 e. The second kappa shape index (κ2) is 7.16. The number of hydrogen-bond acceptors (Lipinski definition) is 4. The first kappa shape index (κ1) is 14.8. The molecular weight excluding hydrogens is 216 g/mol. The highest BCUT2D eigenvalue weighted by Gasteiger charge is 2.19. The molecule has 0 aromatic heterocycles. The number of ether oxygens (including phenoxy) is 1. The van der Waals surface area contributed by atoms with E-state index in [1.54, 1.807) is 14.0 Å². The van der Waals surface area contributed by atoms with Crippen LogP contribution >= 0.6 is 0 Å². The molecule has 2 unspecified atom stereocenters. The zero-order chi connectivity index (χ0) is 11.9. The Morgan fingerprint density at radius 3 is 2.33 bits per heavy atom. The summed E-state index contributed by atoms with van der Waals surface area (Å²) in [6.45, 7) is 6.76. The third-order valence-corrected chi connectivity index (χ3v) is 3.84. The minimum Gasteiger partial charge on any atom is -0.377 e. The normalized spacial score (nSPS) is 16.3. The van der Waals surface area contributed by atoms with E-state index >= 15 is 0 Å². The highest BCUT2D eigenvalue weighted by atomic mass is 32.2. The first-order valence-corrected chi connectivity index (χ1v) is 6.73. The predicted octanol–water partition coefficient (Wildman–Crippen LogP) is -0.0613. The summed E-state index contributed by atoms with van der Waals surface area (Å²) in [7, 11) is -1.50. The van der Waals surface area contributed by atoms with E-state index in [2.05, 4.69) is 10.0 Å². The Morgan fingerprint density at radius 2 is 1.87 bits per heavy atom. The molecule has 0 spiro atoms. The molecule has 5 nitrogen and oxygen atoms in total. The largest absolute Gasteiger partial charge is 0.377 e. The fourth-order valence-electron chi connectivity index (χ4n) is 1.12. The van der Waals surface area contributed by atoms with Crippen LogP contribution < -0.4 is 10.0 Å². The maximum atomic E-state index is 11.6. The third kappa shape index (κ3) is 6.09. The average Bonchev–Trinajstić information content (AvgIpc) is 2.16. The van der Waals surface area contributed by atoms with E-state index in [1.807, 2.05) is 13.8 Å². The van der Waals surface area contributed by atoms with E-state index in [1.165, 1.54) is 0 Å². The first-order valence-electron chi connectivity index (χ1n) is 5.18. The van der Waals surface area contributed by atoms with Crippen molar-refractivity contribution in [1.82, 2.24) is 10.0 Å². The predicted molar refractivity (Wildman–Crippen MR) is 61.4 cm³/mol. The van der Waals surface area contributed by atoms with Gasteiger partial charge in [-0.05, 0) is 27.8 Å². The van der Waals surface area contributed by atoms with Crippen molar-refractivity contribution in [3.8, 4) is 0 Å². The van der Waals surface area contributed by atoms with Crippen molar-refractivity contribution >= 4 is 10.0 Å². The molecule has 0 radical (unpaired) electrons. The second-order valence-electron chi connectivity index (χ2n) is 3.53. The molecule has 0 saturated heterocycles. The van der Waals surface area contributed by atoms with Gasteiger partial charge in [0.05, 0.1) is 11.4 Å². The molecule has 0 aromatic rings. The van der Waals surface area contributed by atoms with Gasteiger partial charge in [0.15, 0.2) is 0 Å². The Kier molecular flexibility index (Phi) is 7.08. The fourth-order valence-corrected chi connectivity index (χ4v) is 2.25. The molecule has 0 aromatic carbocycles. The summed E-state index contributed by atoms with van der Waals surface area (Å²) < 4.78 is 31.0. The molecule has 2 N–H and O–H groups in total. The van der Waals surface area contributed by atoms with Gasteiger partial charge in [-0.15, -0.1) is 0 Å². The van der Waals surface area contributed by atoms with Gasteiger partial charge in [0.1, 0.15) is 0 Å². The first-order chi connectivity index (χ1) is 6.94. The van der Waals surface area contributed by atoms with E-state index in [0.717, 1.165) is 0 Å². The SMILES string of the molecule is CCOC(C)CNS(=O)(=O)C(C)CNC. The minimum atomic E-state index is -3.23. The molecule has 0 amide bonds. The molecule has 0 fully saturated rings. The Bertz CT molecular complexity index is 254. The van der Waals surface area contributed by atoms with Crippen LogP contribution in [0.3, 0.4) is 0 Å². The molecule has 2 atom stereocenters. The van der Waals surface area contributed by atoms with E-state index in [9.17, 15) is 8.42 Å². The summed E-state index contributed by atoms with van der Waals surface area (Å²) in [5.74, 6) is 0. The lowest BCUT2D eigenvalue weighted by atomic mass is 10.4. The number of sulfonamides is 1. The van der Waals surface area contributed by atoms with Gasteiger partial charge < -0.3 is 10.1 Å². The van der Waals surface area contributed by atoms with Crippen LogP contribution in [0.25, 0.3) is 0 Å². The third-order valence-electron chi connectivity index (χ3n) is 2.04. The van der Waals surface area contributed by atoms with Gasteiger partial charge in [0.25, 0.3) is 0 Å². The standard InChI is InChI=1S/C9H22N2O3S/c1-5-14-8(2)6-11-15(12,13)9(3)7-10-4/h8-11H,5-7H2,1-4H3. The van der Waals surface area contributed by atoms with Crippen LogP contribution in [-0.4, -0.2) is 46.5 Å². The Labute approximate surface area is 92.6 Å². The summed E-state index contributed by atoms with van der Waals surface area (Å²) in [5, 5.41) is 2.40. The van der Waals surface area contributed by atoms with Crippen LogP contribution in [0.2, 0.25) is 0 Å².